The van der Waals surface area contributed by atoms with E-state index in [-0.39, 0.29) is 12.4 Å². The van der Waals surface area contributed by atoms with E-state index in [9.17, 15) is 13.6 Å². The van der Waals surface area contributed by atoms with Gasteiger partial charge in [0.1, 0.15) is 33.3 Å². The second-order valence-electron chi connectivity index (χ2n) is 4.69. The maximum Gasteiger partial charge on any atom is 0.254 e. The molecule has 3 aromatic rings. The van der Waals surface area contributed by atoms with Gasteiger partial charge in [-0.05, 0) is 18.2 Å². The maximum absolute atomic E-state index is 14.1. The Balaban J connectivity index is 1.85. The highest BCUT2D eigenvalue weighted by molar-refractivity contribution is 7.18. The number of hydrogen-bond acceptors (Lipinski definition) is 5. The number of fused-ring (bicyclic) bond motifs is 1. The van der Waals surface area contributed by atoms with E-state index >= 15 is 0 Å². The molecule has 8 heteroatoms. The molecule has 0 unspecified atom stereocenters. The van der Waals surface area contributed by atoms with Gasteiger partial charge < -0.3 is 10.5 Å². The van der Waals surface area contributed by atoms with Gasteiger partial charge in [0.2, 0.25) is 0 Å². The minimum atomic E-state index is -1.21. The molecule has 1 amide bonds. The lowest BCUT2D eigenvalue weighted by Crippen LogP contribution is -2.16. The Hall–Kier alpha value is -3.05. The summed E-state index contributed by atoms with van der Waals surface area (Å²) in [4.78, 5) is 20.2. The topological polar surface area (TPSA) is 78.1 Å². The number of benzene rings is 1. The van der Waals surface area contributed by atoms with Crippen molar-refractivity contribution in [2.24, 2.45) is 5.73 Å². The van der Waals surface area contributed by atoms with E-state index in [4.69, 9.17) is 16.9 Å². The van der Waals surface area contributed by atoms with Crippen LogP contribution in [0.25, 0.3) is 10.3 Å². The monoisotopic (exact) mass is 345 g/mol. The molecule has 2 heterocycles. The Morgan fingerprint density at radius 2 is 2.21 bits per heavy atom. The van der Waals surface area contributed by atoms with Gasteiger partial charge in [0.15, 0.2) is 11.6 Å². The number of aromatic nitrogens is 2. The van der Waals surface area contributed by atoms with Crippen LogP contribution in [0.3, 0.4) is 0 Å². The van der Waals surface area contributed by atoms with Gasteiger partial charge in [0.25, 0.3) is 5.91 Å². The van der Waals surface area contributed by atoms with E-state index < -0.39 is 23.1 Å². The highest BCUT2D eigenvalue weighted by atomic mass is 32.1. The van der Waals surface area contributed by atoms with E-state index in [1.165, 1.54) is 11.3 Å². The van der Waals surface area contributed by atoms with Gasteiger partial charge in [-0.3, -0.25) is 4.79 Å². The van der Waals surface area contributed by atoms with Crippen LogP contribution in [-0.4, -0.2) is 15.9 Å². The van der Waals surface area contributed by atoms with Crippen molar-refractivity contribution in [1.82, 2.24) is 9.97 Å². The first-order valence-electron chi connectivity index (χ1n) is 6.62. The number of carbonyl (C=O) groups excluding carboxylic acids is 1. The fraction of sp³-hybridized carbons (Fsp3) is 0.0625. The Bertz CT molecular complexity index is 995. The Morgan fingerprint density at radius 3 is 2.92 bits per heavy atom. The Labute approximate surface area is 139 Å². The van der Waals surface area contributed by atoms with Crippen molar-refractivity contribution in [3.63, 3.8) is 0 Å². The number of nitrogens with zero attached hydrogens (tertiary/aromatic N) is 2. The summed E-state index contributed by atoms with van der Waals surface area (Å²) in [5, 5.41) is 0.524. The second kappa shape index (κ2) is 6.22. The van der Waals surface area contributed by atoms with E-state index in [0.717, 1.165) is 12.1 Å². The van der Waals surface area contributed by atoms with Gasteiger partial charge in [-0.15, -0.1) is 6.42 Å². The number of rotatable bonds is 4. The van der Waals surface area contributed by atoms with Crippen LogP contribution in [0.2, 0.25) is 0 Å². The molecule has 0 saturated heterocycles. The summed E-state index contributed by atoms with van der Waals surface area (Å²) in [5.41, 5.74) is 5.32. The average molecular weight is 345 g/mol. The normalized spacial score (nSPS) is 10.5. The van der Waals surface area contributed by atoms with Crippen molar-refractivity contribution in [2.75, 3.05) is 0 Å². The van der Waals surface area contributed by atoms with Crippen molar-refractivity contribution in [1.29, 1.82) is 0 Å². The predicted octanol–water partition coefficient (Wildman–Crippen LogP) is 2.63. The molecule has 24 heavy (non-hydrogen) atoms. The lowest BCUT2D eigenvalue weighted by molar-refractivity contribution is 0.0991. The van der Waals surface area contributed by atoms with Crippen molar-refractivity contribution >= 4 is 27.6 Å². The fourth-order valence-corrected chi connectivity index (χ4v) is 2.82. The summed E-state index contributed by atoms with van der Waals surface area (Å²) in [6.45, 7) is -0.0762. The molecule has 0 bridgehead atoms. The molecule has 120 valence electrons. The van der Waals surface area contributed by atoms with Gasteiger partial charge >= 0.3 is 0 Å². The lowest BCUT2D eigenvalue weighted by Gasteiger charge is -2.08. The van der Waals surface area contributed by atoms with Crippen molar-refractivity contribution in [3.8, 4) is 18.1 Å². The molecule has 1 aromatic carbocycles. The van der Waals surface area contributed by atoms with Gasteiger partial charge in [-0.25, -0.2) is 18.7 Å². The molecule has 0 fully saturated rings. The van der Waals surface area contributed by atoms with Crippen LogP contribution in [0.1, 0.15) is 20.9 Å². The van der Waals surface area contributed by atoms with Gasteiger partial charge in [-0.1, -0.05) is 17.3 Å². The number of carbonyl (C=O) groups is 1. The molecule has 0 saturated carbocycles. The molecule has 0 radical (unpaired) electrons. The van der Waals surface area contributed by atoms with Crippen LogP contribution in [0.4, 0.5) is 8.78 Å². The molecule has 0 spiro atoms. The Kier molecular flexibility index (Phi) is 4.10. The second-order valence-corrected chi connectivity index (χ2v) is 5.75. The number of primary amides is 1. The molecule has 0 aliphatic carbocycles. The van der Waals surface area contributed by atoms with Gasteiger partial charge in [0, 0.05) is 11.8 Å². The lowest BCUT2D eigenvalue weighted by atomic mass is 10.2. The molecule has 0 aliphatic rings. The van der Waals surface area contributed by atoms with Crippen molar-refractivity contribution < 1.29 is 18.3 Å². The fourth-order valence-electron chi connectivity index (χ4n) is 2.02. The number of thiazole rings is 1. The van der Waals surface area contributed by atoms with Crippen molar-refractivity contribution in [3.05, 3.63) is 52.2 Å². The molecule has 2 N–H and O–H groups in total. The summed E-state index contributed by atoms with van der Waals surface area (Å²) >= 11 is 1.25. The molecule has 3 rings (SSSR count). The molecule has 2 aromatic heterocycles. The average Bonchev–Trinajstić information content (AvgIpc) is 2.95. The third kappa shape index (κ3) is 2.89. The number of nitrogens with two attached hydrogens (primary N) is 1. The Morgan fingerprint density at radius 1 is 1.42 bits per heavy atom. The van der Waals surface area contributed by atoms with Crippen molar-refractivity contribution in [2.45, 2.75) is 6.61 Å². The smallest absolute Gasteiger partial charge is 0.254 e. The highest BCUT2D eigenvalue weighted by Gasteiger charge is 2.19. The number of amides is 1. The predicted molar refractivity (Wildman–Crippen MR) is 84.6 cm³/mol. The zero-order valence-electron chi connectivity index (χ0n) is 12.0. The van der Waals surface area contributed by atoms with Crippen LogP contribution >= 0.6 is 11.3 Å². The minimum Gasteiger partial charge on any atom is -0.483 e. The van der Waals surface area contributed by atoms with E-state index in [2.05, 4.69) is 15.9 Å². The highest BCUT2D eigenvalue weighted by Crippen LogP contribution is 2.26. The number of halogens is 2. The number of terminal acetylenes is 1. The largest absolute Gasteiger partial charge is 0.483 e. The summed E-state index contributed by atoms with van der Waals surface area (Å²) in [6.07, 6.45) is 6.85. The van der Waals surface area contributed by atoms with Gasteiger partial charge in [-0.2, -0.15) is 0 Å². The zero-order chi connectivity index (χ0) is 17.3. The van der Waals surface area contributed by atoms with Gasteiger partial charge in [0.05, 0.1) is 0 Å². The van der Waals surface area contributed by atoms with Crippen LogP contribution in [-0.2, 0) is 6.61 Å². The van der Waals surface area contributed by atoms with E-state index in [1.54, 1.807) is 12.3 Å². The SMILES string of the molecule is C#Cc1cnc2sc(COc3ccc(F)c(C(N)=O)c3F)nc2c1. The quantitative estimate of drug-likeness (QED) is 0.738. The third-order valence-electron chi connectivity index (χ3n) is 3.11. The first kappa shape index (κ1) is 15.8. The molecule has 5 nitrogen and oxygen atoms in total. The maximum atomic E-state index is 14.1. The first-order valence-corrected chi connectivity index (χ1v) is 7.44. The molecular weight excluding hydrogens is 336 g/mol. The number of hydrogen-bond donors (Lipinski definition) is 1. The van der Waals surface area contributed by atoms with Crippen LogP contribution < -0.4 is 10.5 Å². The number of pyridine rings is 1. The summed E-state index contributed by atoms with van der Waals surface area (Å²) in [6, 6.07) is 3.70. The summed E-state index contributed by atoms with van der Waals surface area (Å²) in [5.74, 6) is -1.22. The standard InChI is InChI=1S/C16H9F2N3O2S/c1-2-8-5-10-16(20-6-8)24-12(21-10)7-23-11-4-3-9(17)13(14(11)18)15(19)22/h1,3-6H,7H2,(H2,19,22). The molecular formula is C16H9F2N3O2S. The van der Waals surface area contributed by atoms with Crippen LogP contribution in [0.15, 0.2) is 24.4 Å². The number of ether oxygens (including phenoxy) is 1. The minimum absolute atomic E-state index is 0.0762. The molecule has 0 atom stereocenters. The van der Waals surface area contributed by atoms with Crippen LogP contribution in [0.5, 0.6) is 5.75 Å². The van der Waals surface area contributed by atoms with E-state index in [0.29, 0.717) is 20.9 Å². The van der Waals surface area contributed by atoms with Crippen LogP contribution in [0, 0.1) is 24.0 Å². The first-order chi connectivity index (χ1) is 11.5. The molecule has 0 aliphatic heterocycles. The third-order valence-corrected chi connectivity index (χ3v) is 4.06. The summed E-state index contributed by atoms with van der Waals surface area (Å²) in [7, 11) is 0. The van der Waals surface area contributed by atoms with E-state index in [1.807, 2.05) is 0 Å². The summed E-state index contributed by atoms with van der Waals surface area (Å²) < 4.78 is 32.8. The zero-order valence-corrected chi connectivity index (χ0v) is 12.9.